The summed E-state index contributed by atoms with van der Waals surface area (Å²) in [4.78, 5) is 45.7. The summed E-state index contributed by atoms with van der Waals surface area (Å²) < 4.78 is 19.9. The summed E-state index contributed by atoms with van der Waals surface area (Å²) in [6, 6.07) is 8.93. The molecule has 0 saturated carbocycles. The molecule has 36 heavy (non-hydrogen) atoms. The Labute approximate surface area is 206 Å². The average Bonchev–Trinajstić information content (AvgIpc) is 3.54. The maximum Gasteiger partial charge on any atom is 0.259 e. The average molecular weight is 496 g/mol. The lowest BCUT2D eigenvalue weighted by molar-refractivity contribution is -0.150. The highest BCUT2D eigenvalue weighted by atomic mass is 19.1. The maximum atomic E-state index is 14.5. The third-order valence-corrected chi connectivity index (χ3v) is 6.63. The number of aliphatic imine (C=N–C) groups is 1. The fourth-order valence-corrected chi connectivity index (χ4v) is 4.69. The van der Waals surface area contributed by atoms with E-state index in [0.29, 0.717) is 36.8 Å². The van der Waals surface area contributed by atoms with Crippen molar-refractivity contribution in [1.29, 1.82) is 0 Å². The van der Waals surface area contributed by atoms with Gasteiger partial charge in [-0.25, -0.2) is 4.39 Å². The van der Waals surface area contributed by atoms with E-state index in [1.807, 2.05) is 0 Å². The van der Waals surface area contributed by atoms with E-state index in [9.17, 15) is 23.9 Å². The van der Waals surface area contributed by atoms with Gasteiger partial charge >= 0.3 is 0 Å². The van der Waals surface area contributed by atoms with Gasteiger partial charge in [-0.1, -0.05) is 0 Å². The molecule has 2 atom stereocenters. The number of carbonyl (C=O) groups is 3. The minimum absolute atomic E-state index is 0.0446. The summed E-state index contributed by atoms with van der Waals surface area (Å²) in [5.74, 6) is -2.15. The van der Waals surface area contributed by atoms with Crippen LogP contribution < -0.4 is 16.0 Å². The Balaban J connectivity index is 1.30. The summed E-state index contributed by atoms with van der Waals surface area (Å²) in [5.41, 5.74) is 8.03. The number of nitrogens with two attached hydrogens (primary N) is 1. The van der Waals surface area contributed by atoms with Crippen LogP contribution in [0.4, 0.5) is 15.8 Å². The molecule has 2 saturated heterocycles. The lowest BCUT2D eigenvalue weighted by atomic mass is 10.1. The molecule has 3 amide bonds. The van der Waals surface area contributed by atoms with Gasteiger partial charge in [-0.2, -0.15) is 0 Å². The van der Waals surface area contributed by atoms with Crippen LogP contribution in [0, 0.1) is 5.82 Å². The number of amidine groups is 1. The number of benzene rings is 2. The van der Waals surface area contributed by atoms with Crippen molar-refractivity contribution in [3.63, 3.8) is 0 Å². The second-order valence-electron chi connectivity index (χ2n) is 8.95. The van der Waals surface area contributed by atoms with E-state index in [1.165, 1.54) is 17.0 Å². The van der Waals surface area contributed by atoms with Crippen molar-refractivity contribution in [1.82, 2.24) is 4.90 Å². The van der Waals surface area contributed by atoms with E-state index >= 15 is 0 Å². The molecule has 5 rings (SSSR count). The lowest BCUT2D eigenvalue weighted by Crippen LogP contribution is -2.55. The molecule has 10 nitrogen and oxygen atoms in total. The Morgan fingerprint density at radius 1 is 1.17 bits per heavy atom. The van der Waals surface area contributed by atoms with Crippen LogP contribution in [-0.2, 0) is 20.9 Å². The van der Waals surface area contributed by atoms with Crippen LogP contribution in [0.2, 0.25) is 0 Å². The zero-order valence-corrected chi connectivity index (χ0v) is 19.4. The first-order chi connectivity index (χ1) is 17.3. The highest BCUT2D eigenvalue weighted by molar-refractivity contribution is 6.05. The fourth-order valence-electron chi connectivity index (χ4n) is 4.69. The Bertz CT molecular complexity index is 1260. The molecule has 0 spiro atoms. The summed E-state index contributed by atoms with van der Waals surface area (Å²) in [5, 5.41) is 13.2. The van der Waals surface area contributed by atoms with Crippen molar-refractivity contribution in [2.75, 3.05) is 36.5 Å². The summed E-state index contributed by atoms with van der Waals surface area (Å²) in [6.07, 6.45) is -1.52. The number of amides is 3. The predicted octanol–water partition coefficient (Wildman–Crippen LogP) is 1.01. The highest BCUT2D eigenvalue weighted by Crippen LogP contribution is 2.26. The molecule has 11 heteroatoms. The number of ether oxygens (including phenoxy) is 1. The van der Waals surface area contributed by atoms with Crippen LogP contribution in [-0.4, -0.2) is 72.0 Å². The molecule has 0 unspecified atom stereocenters. The van der Waals surface area contributed by atoms with Gasteiger partial charge in [0.05, 0.1) is 18.7 Å². The first-order valence-corrected chi connectivity index (χ1v) is 11.8. The third-order valence-electron chi connectivity index (χ3n) is 6.63. The molecule has 2 fully saturated rings. The molecule has 3 heterocycles. The number of hydrogen-bond acceptors (Lipinski definition) is 7. The molecule has 0 aromatic heterocycles. The number of fused-ring (bicyclic) bond motifs is 1. The van der Waals surface area contributed by atoms with Gasteiger partial charge in [-0.15, -0.1) is 0 Å². The number of halogens is 1. The number of anilines is 2. The van der Waals surface area contributed by atoms with Gasteiger partial charge in [0.25, 0.3) is 17.7 Å². The Kier molecular flexibility index (Phi) is 6.42. The summed E-state index contributed by atoms with van der Waals surface area (Å²) in [6.45, 7) is 1.69. The normalized spacial score (nSPS) is 20.2. The van der Waals surface area contributed by atoms with Crippen molar-refractivity contribution in [3.05, 3.63) is 58.9 Å². The van der Waals surface area contributed by atoms with Crippen LogP contribution in [0.3, 0.4) is 0 Å². The van der Waals surface area contributed by atoms with E-state index in [-0.39, 0.29) is 18.7 Å². The maximum absolute atomic E-state index is 14.5. The fraction of sp³-hybridized carbons (Fsp3) is 0.360. The molecular weight excluding hydrogens is 469 g/mol. The number of carbonyl (C=O) groups excluding carboxylic acids is 3. The molecular formula is C25H26FN5O5. The smallest absolute Gasteiger partial charge is 0.259 e. The first-order valence-electron chi connectivity index (χ1n) is 11.8. The van der Waals surface area contributed by atoms with Crippen LogP contribution >= 0.6 is 0 Å². The molecule has 2 aromatic rings. The standard InChI is InChI=1S/C25H26FN5O5/c26-19-6-4-16(12-18(19)24(34)30-7-1-2-8-30)31-9-10-36-21(25(31)35)20(32)23(33)29-15-3-5-17-14(11-15)13-28-22(17)27/h3-6,11-12,20-21,32H,1-2,7-10,13H2,(H2,27,28)(H,29,33)/t20-,21-/m1/s1. The van der Waals surface area contributed by atoms with E-state index in [4.69, 9.17) is 10.5 Å². The summed E-state index contributed by atoms with van der Waals surface area (Å²) in [7, 11) is 0. The minimum atomic E-state index is -1.79. The molecule has 3 aliphatic rings. The Morgan fingerprint density at radius 2 is 1.94 bits per heavy atom. The zero-order chi connectivity index (χ0) is 25.4. The first kappa shape index (κ1) is 23.9. The van der Waals surface area contributed by atoms with E-state index < -0.39 is 35.7 Å². The predicted molar refractivity (Wildman–Crippen MR) is 129 cm³/mol. The molecule has 2 aromatic carbocycles. The van der Waals surface area contributed by atoms with Gasteiger partial charge in [0.1, 0.15) is 11.7 Å². The molecule has 3 aliphatic heterocycles. The van der Waals surface area contributed by atoms with E-state index in [1.54, 1.807) is 23.1 Å². The van der Waals surface area contributed by atoms with Crippen molar-refractivity contribution >= 4 is 34.9 Å². The second kappa shape index (κ2) is 9.67. The number of hydrogen-bond donors (Lipinski definition) is 3. The van der Waals surface area contributed by atoms with Crippen molar-refractivity contribution < 1.29 is 28.6 Å². The van der Waals surface area contributed by atoms with Gasteiger partial charge < -0.3 is 30.7 Å². The van der Waals surface area contributed by atoms with Gasteiger partial charge in [-0.05, 0) is 54.8 Å². The zero-order valence-electron chi connectivity index (χ0n) is 19.4. The monoisotopic (exact) mass is 495 g/mol. The summed E-state index contributed by atoms with van der Waals surface area (Å²) >= 11 is 0. The number of nitrogens with one attached hydrogen (secondary N) is 1. The number of nitrogens with zero attached hydrogens (tertiary/aromatic N) is 3. The van der Waals surface area contributed by atoms with Crippen molar-refractivity contribution in [3.8, 4) is 0 Å². The number of rotatable bonds is 5. The van der Waals surface area contributed by atoms with Crippen LogP contribution in [0.5, 0.6) is 0 Å². The minimum Gasteiger partial charge on any atom is -0.383 e. The third kappa shape index (κ3) is 4.42. The Hall–Kier alpha value is -3.83. The second-order valence-corrected chi connectivity index (χ2v) is 8.95. The van der Waals surface area contributed by atoms with Crippen LogP contribution in [0.25, 0.3) is 0 Å². The van der Waals surface area contributed by atoms with Crippen LogP contribution in [0.1, 0.15) is 34.3 Å². The number of morpholine rings is 1. The number of aliphatic hydroxyl groups excluding tert-OH is 1. The molecule has 4 N–H and O–H groups in total. The molecule has 188 valence electrons. The Morgan fingerprint density at radius 3 is 2.72 bits per heavy atom. The number of likely N-dealkylation sites (tertiary alicyclic amines) is 1. The highest BCUT2D eigenvalue weighted by Gasteiger charge is 2.40. The van der Waals surface area contributed by atoms with Gasteiger partial charge in [-0.3, -0.25) is 19.4 Å². The van der Waals surface area contributed by atoms with E-state index in [0.717, 1.165) is 30.0 Å². The number of aliphatic hydroxyl groups is 1. The van der Waals surface area contributed by atoms with Gasteiger partial charge in [0, 0.05) is 36.6 Å². The molecule has 0 radical (unpaired) electrons. The lowest BCUT2D eigenvalue weighted by Gasteiger charge is -2.34. The van der Waals surface area contributed by atoms with Crippen molar-refractivity contribution in [2.45, 2.75) is 31.6 Å². The van der Waals surface area contributed by atoms with Gasteiger partial charge in [0.15, 0.2) is 12.2 Å². The molecule has 0 bridgehead atoms. The van der Waals surface area contributed by atoms with E-state index in [2.05, 4.69) is 10.3 Å². The largest absolute Gasteiger partial charge is 0.383 e. The molecule has 0 aliphatic carbocycles. The SMILES string of the molecule is NC1=NCc2cc(NC(=O)[C@H](O)[C@H]3OCCN(c4ccc(F)c(C(=O)N5CCCC5)c4)C3=O)ccc21. The van der Waals surface area contributed by atoms with Crippen LogP contribution in [0.15, 0.2) is 41.4 Å². The van der Waals surface area contributed by atoms with Crippen molar-refractivity contribution in [2.24, 2.45) is 10.7 Å². The quantitative estimate of drug-likeness (QED) is 0.566. The topological polar surface area (TPSA) is 138 Å². The van der Waals surface area contributed by atoms with Gasteiger partial charge in [0.2, 0.25) is 0 Å².